The minimum Gasteiger partial charge on any atom is -0.494 e. The van der Waals surface area contributed by atoms with Gasteiger partial charge in [-0.2, -0.15) is 0 Å². The molecule has 0 aromatic heterocycles. The quantitative estimate of drug-likeness (QED) is 0.874. The van der Waals surface area contributed by atoms with Crippen molar-refractivity contribution in [2.75, 3.05) is 26.3 Å². The summed E-state index contributed by atoms with van der Waals surface area (Å²) >= 11 is 0. The predicted molar refractivity (Wildman–Crippen MR) is 90.8 cm³/mol. The molecule has 0 saturated heterocycles. The first-order chi connectivity index (χ1) is 11.1. The summed E-state index contributed by atoms with van der Waals surface area (Å²) in [5.74, 6) is 0.907. The van der Waals surface area contributed by atoms with Gasteiger partial charge in [0.1, 0.15) is 5.75 Å². The molecule has 2 rings (SSSR count). The average molecular weight is 320 g/mol. The number of carbonyl (C=O) groups is 1. The van der Waals surface area contributed by atoms with Crippen LogP contribution in [-0.4, -0.2) is 37.3 Å². The van der Waals surface area contributed by atoms with Gasteiger partial charge < -0.3 is 19.7 Å². The second-order valence-electron chi connectivity index (χ2n) is 5.69. The first-order valence-corrected chi connectivity index (χ1v) is 8.54. The molecule has 1 N–H and O–H groups in total. The van der Waals surface area contributed by atoms with E-state index in [0.717, 1.165) is 30.8 Å². The largest absolute Gasteiger partial charge is 0.494 e. The molecule has 1 aromatic carbocycles. The second kappa shape index (κ2) is 8.20. The van der Waals surface area contributed by atoms with E-state index in [2.05, 4.69) is 31.3 Å². The highest BCUT2D eigenvalue weighted by atomic mass is 16.6. The summed E-state index contributed by atoms with van der Waals surface area (Å²) in [6.07, 6.45) is 0.615. The maximum Gasteiger partial charge on any atom is 0.410 e. The summed E-state index contributed by atoms with van der Waals surface area (Å²) in [6.45, 7) is 11.4. The standard InChI is InChI=1S/C18H28N2O3/c1-5-19-12-15-10-14-8-9-20(18(21)23-7-3)13(4)16(14)11-17(15)22-6-2/h10-11,13,19H,5-9,12H2,1-4H3. The van der Waals surface area contributed by atoms with Crippen molar-refractivity contribution in [3.8, 4) is 5.75 Å². The Hall–Kier alpha value is -1.75. The van der Waals surface area contributed by atoms with Crippen LogP contribution in [0.3, 0.4) is 0 Å². The maximum absolute atomic E-state index is 12.1. The number of ether oxygens (including phenoxy) is 2. The third kappa shape index (κ3) is 3.96. The molecule has 0 aliphatic carbocycles. The highest BCUT2D eigenvalue weighted by Crippen LogP contribution is 2.35. The summed E-state index contributed by atoms with van der Waals surface area (Å²) < 4.78 is 11.0. The molecule has 128 valence electrons. The zero-order chi connectivity index (χ0) is 16.8. The molecule has 0 radical (unpaired) electrons. The number of benzene rings is 1. The van der Waals surface area contributed by atoms with Crippen molar-refractivity contribution >= 4 is 6.09 Å². The first-order valence-electron chi connectivity index (χ1n) is 8.54. The molecule has 0 saturated carbocycles. The summed E-state index contributed by atoms with van der Waals surface area (Å²) in [6, 6.07) is 4.33. The van der Waals surface area contributed by atoms with E-state index >= 15 is 0 Å². The van der Waals surface area contributed by atoms with Gasteiger partial charge in [-0.3, -0.25) is 0 Å². The fraction of sp³-hybridized carbons (Fsp3) is 0.611. The van der Waals surface area contributed by atoms with Gasteiger partial charge >= 0.3 is 6.09 Å². The number of carbonyl (C=O) groups excluding carboxylic acids is 1. The highest BCUT2D eigenvalue weighted by molar-refractivity contribution is 5.69. The van der Waals surface area contributed by atoms with Crippen LogP contribution in [0, 0.1) is 0 Å². The first kappa shape index (κ1) is 17.6. The van der Waals surface area contributed by atoms with Gasteiger partial charge in [0.2, 0.25) is 0 Å². The van der Waals surface area contributed by atoms with Crippen LogP contribution < -0.4 is 10.1 Å². The van der Waals surface area contributed by atoms with Gasteiger partial charge in [-0.05, 0) is 50.9 Å². The lowest BCUT2D eigenvalue weighted by molar-refractivity contribution is 0.0900. The van der Waals surface area contributed by atoms with Gasteiger partial charge in [0, 0.05) is 18.7 Å². The summed E-state index contributed by atoms with van der Waals surface area (Å²) in [5.41, 5.74) is 3.65. The van der Waals surface area contributed by atoms with E-state index < -0.39 is 0 Å². The fourth-order valence-corrected chi connectivity index (χ4v) is 3.04. The molecular weight excluding hydrogens is 292 g/mol. The molecule has 1 amide bonds. The Balaban J connectivity index is 2.30. The second-order valence-corrected chi connectivity index (χ2v) is 5.69. The summed E-state index contributed by atoms with van der Waals surface area (Å²) in [7, 11) is 0. The number of nitrogens with one attached hydrogen (secondary N) is 1. The van der Waals surface area contributed by atoms with Gasteiger partial charge in [-0.15, -0.1) is 0 Å². The third-order valence-electron chi connectivity index (χ3n) is 4.23. The third-order valence-corrected chi connectivity index (χ3v) is 4.23. The summed E-state index contributed by atoms with van der Waals surface area (Å²) in [5, 5.41) is 3.36. The minimum atomic E-state index is -0.236. The SMILES string of the molecule is CCNCc1cc2c(cc1OCC)C(C)N(C(=O)OCC)CC2. The van der Waals surface area contributed by atoms with Crippen LogP contribution in [0.1, 0.15) is 50.4 Å². The molecule has 1 atom stereocenters. The normalized spacial score (nSPS) is 16.9. The Kier molecular flexibility index (Phi) is 6.28. The Labute approximate surface area is 139 Å². The van der Waals surface area contributed by atoms with Crippen molar-refractivity contribution in [1.29, 1.82) is 0 Å². The number of amides is 1. The van der Waals surface area contributed by atoms with Crippen molar-refractivity contribution < 1.29 is 14.3 Å². The number of fused-ring (bicyclic) bond motifs is 1. The number of hydrogen-bond acceptors (Lipinski definition) is 4. The van der Waals surface area contributed by atoms with E-state index in [-0.39, 0.29) is 12.1 Å². The van der Waals surface area contributed by atoms with Gasteiger partial charge in [0.25, 0.3) is 0 Å². The van der Waals surface area contributed by atoms with Crippen LogP contribution in [0.4, 0.5) is 4.79 Å². The van der Waals surface area contributed by atoms with E-state index in [4.69, 9.17) is 9.47 Å². The maximum atomic E-state index is 12.1. The molecule has 0 fully saturated rings. The van der Waals surface area contributed by atoms with E-state index in [1.165, 1.54) is 11.1 Å². The molecule has 0 bridgehead atoms. The molecule has 1 aliphatic rings. The monoisotopic (exact) mass is 320 g/mol. The van der Waals surface area contributed by atoms with E-state index in [1.807, 2.05) is 13.8 Å². The van der Waals surface area contributed by atoms with Gasteiger partial charge in [0.15, 0.2) is 0 Å². The van der Waals surface area contributed by atoms with Crippen LogP contribution in [-0.2, 0) is 17.7 Å². The lowest BCUT2D eigenvalue weighted by atomic mass is 9.91. The molecular formula is C18H28N2O3. The molecule has 1 aromatic rings. The number of rotatable bonds is 6. The fourth-order valence-electron chi connectivity index (χ4n) is 3.04. The zero-order valence-corrected chi connectivity index (χ0v) is 14.6. The Morgan fingerprint density at radius 1 is 1.30 bits per heavy atom. The smallest absolute Gasteiger partial charge is 0.410 e. The Bertz CT molecular complexity index is 545. The van der Waals surface area contributed by atoms with Crippen LogP contribution in [0.25, 0.3) is 0 Å². The van der Waals surface area contributed by atoms with Crippen molar-refractivity contribution in [1.82, 2.24) is 10.2 Å². The van der Waals surface area contributed by atoms with Crippen molar-refractivity contribution in [3.63, 3.8) is 0 Å². The topological polar surface area (TPSA) is 50.8 Å². The molecule has 5 nitrogen and oxygen atoms in total. The van der Waals surface area contributed by atoms with Crippen molar-refractivity contribution in [2.24, 2.45) is 0 Å². The van der Waals surface area contributed by atoms with Crippen LogP contribution in [0.2, 0.25) is 0 Å². The molecule has 0 spiro atoms. The lowest BCUT2D eigenvalue weighted by Gasteiger charge is -2.35. The molecule has 1 unspecified atom stereocenters. The van der Waals surface area contributed by atoms with Crippen LogP contribution in [0.15, 0.2) is 12.1 Å². The lowest BCUT2D eigenvalue weighted by Crippen LogP contribution is -2.39. The Morgan fingerprint density at radius 3 is 2.74 bits per heavy atom. The minimum absolute atomic E-state index is 0.00481. The van der Waals surface area contributed by atoms with Crippen molar-refractivity contribution in [3.05, 3.63) is 28.8 Å². The number of nitrogens with zero attached hydrogens (tertiary/aromatic N) is 1. The van der Waals surface area contributed by atoms with Gasteiger partial charge in [-0.1, -0.05) is 13.0 Å². The van der Waals surface area contributed by atoms with Crippen molar-refractivity contribution in [2.45, 2.75) is 46.7 Å². The molecule has 1 aliphatic heterocycles. The molecule has 5 heteroatoms. The number of hydrogen-bond donors (Lipinski definition) is 1. The highest BCUT2D eigenvalue weighted by Gasteiger charge is 2.29. The van der Waals surface area contributed by atoms with Gasteiger partial charge in [0.05, 0.1) is 19.3 Å². The van der Waals surface area contributed by atoms with E-state index in [9.17, 15) is 4.79 Å². The van der Waals surface area contributed by atoms with E-state index in [1.54, 1.807) is 4.90 Å². The molecule has 23 heavy (non-hydrogen) atoms. The molecule has 1 heterocycles. The van der Waals surface area contributed by atoms with Crippen LogP contribution >= 0.6 is 0 Å². The van der Waals surface area contributed by atoms with Gasteiger partial charge in [-0.25, -0.2) is 4.79 Å². The average Bonchev–Trinajstić information content (AvgIpc) is 2.54. The summed E-state index contributed by atoms with van der Waals surface area (Å²) in [4.78, 5) is 13.9. The van der Waals surface area contributed by atoms with Crippen LogP contribution in [0.5, 0.6) is 5.75 Å². The predicted octanol–water partition coefficient (Wildman–Crippen LogP) is 3.27. The zero-order valence-electron chi connectivity index (χ0n) is 14.6. The van der Waals surface area contributed by atoms with E-state index in [0.29, 0.717) is 19.8 Å². The Morgan fingerprint density at radius 2 is 2.09 bits per heavy atom.